The monoisotopic (exact) mass is 450 g/mol. The number of carbonyl (C=O) groups excluding carboxylic acids is 2. The van der Waals surface area contributed by atoms with Gasteiger partial charge in [-0.05, 0) is 51.7 Å². The summed E-state index contributed by atoms with van der Waals surface area (Å²) < 4.78 is 1.72. The molecule has 2 amide bonds. The fraction of sp³-hybridized carbons (Fsp3) is 0.435. The molecule has 2 fully saturated rings. The average molecular weight is 451 g/mol. The smallest absolute Gasteiger partial charge is 0.257 e. The van der Waals surface area contributed by atoms with Crippen LogP contribution in [0.5, 0.6) is 0 Å². The van der Waals surface area contributed by atoms with E-state index in [9.17, 15) is 9.59 Å². The first-order valence-corrected chi connectivity index (χ1v) is 11.8. The highest BCUT2D eigenvalue weighted by Gasteiger charge is 2.36. The van der Waals surface area contributed by atoms with Crippen LogP contribution >= 0.6 is 11.3 Å². The molecule has 4 heterocycles. The van der Waals surface area contributed by atoms with Crippen molar-refractivity contribution in [2.75, 3.05) is 13.1 Å². The lowest BCUT2D eigenvalue weighted by atomic mass is 9.97. The van der Waals surface area contributed by atoms with E-state index >= 15 is 0 Å². The molecule has 1 saturated heterocycles. The standard InChI is InChI=1S/C23H26N6O2S/c1-13-10-17(14(2)32-13)19-7-8-25-23(27-19)29-20(15-5-6-15)18(11-26-29)22(31)28-9-3-4-16(12-28)21(24)30/h7-8,10-11,15-16H,3-6,9,12H2,1-2H3,(H2,24,30)/t16-/m0/s1. The van der Waals surface area contributed by atoms with E-state index in [0.29, 0.717) is 24.6 Å². The van der Waals surface area contributed by atoms with Crippen LogP contribution in [0.3, 0.4) is 0 Å². The number of likely N-dealkylation sites (tertiary alicyclic amines) is 1. The van der Waals surface area contributed by atoms with Gasteiger partial charge in [-0.25, -0.2) is 14.6 Å². The van der Waals surface area contributed by atoms with E-state index in [4.69, 9.17) is 10.7 Å². The van der Waals surface area contributed by atoms with Crippen molar-refractivity contribution in [3.05, 3.63) is 45.5 Å². The zero-order valence-corrected chi connectivity index (χ0v) is 19.1. The average Bonchev–Trinajstić information content (AvgIpc) is 3.44. The number of carbonyl (C=O) groups is 2. The molecule has 5 rings (SSSR count). The summed E-state index contributed by atoms with van der Waals surface area (Å²) in [7, 11) is 0. The molecule has 1 aliphatic carbocycles. The van der Waals surface area contributed by atoms with Gasteiger partial charge >= 0.3 is 0 Å². The van der Waals surface area contributed by atoms with Crippen LogP contribution in [0.2, 0.25) is 0 Å². The number of hydrogen-bond acceptors (Lipinski definition) is 6. The Bertz CT molecular complexity index is 1200. The van der Waals surface area contributed by atoms with Crippen LogP contribution in [0.15, 0.2) is 24.5 Å². The molecule has 1 atom stereocenters. The normalized spacial score (nSPS) is 18.7. The molecule has 32 heavy (non-hydrogen) atoms. The second-order valence-corrected chi connectivity index (χ2v) is 10.2. The van der Waals surface area contributed by atoms with Crippen molar-refractivity contribution in [2.45, 2.75) is 45.4 Å². The minimum Gasteiger partial charge on any atom is -0.369 e. The molecule has 9 heteroatoms. The van der Waals surface area contributed by atoms with E-state index in [1.165, 1.54) is 9.75 Å². The van der Waals surface area contributed by atoms with Gasteiger partial charge in [-0.15, -0.1) is 11.3 Å². The first kappa shape index (κ1) is 20.8. The number of aromatic nitrogens is 4. The minimum atomic E-state index is -0.343. The van der Waals surface area contributed by atoms with Gasteiger partial charge in [0.05, 0.1) is 29.1 Å². The first-order chi connectivity index (χ1) is 15.4. The fourth-order valence-corrected chi connectivity index (χ4v) is 5.41. The number of hydrogen-bond donors (Lipinski definition) is 1. The molecule has 3 aromatic heterocycles. The Kier molecular flexibility index (Phi) is 5.28. The number of rotatable bonds is 5. The Labute approximate surface area is 190 Å². The molecule has 0 spiro atoms. The topological polar surface area (TPSA) is 107 Å². The van der Waals surface area contributed by atoms with E-state index in [1.807, 2.05) is 6.07 Å². The largest absolute Gasteiger partial charge is 0.369 e. The van der Waals surface area contributed by atoms with Crippen molar-refractivity contribution in [1.29, 1.82) is 0 Å². The van der Waals surface area contributed by atoms with Crippen molar-refractivity contribution < 1.29 is 9.59 Å². The van der Waals surface area contributed by atoms with Crippen molar-refractivity contribution in [3.8, 4) is 17.2 Å². The lowest BCUT2D eigenvalue weighted by Gasteiger charge is -2.31. The van der Waals surface area contributed by atoms with Gasteiger partial charge in [0.1, 0.15) is 0 Å². The van der Waals surface area contributed by atoms with Gasteiger partial charge in [-0.2, -0.15) is 5.10 Å². The molecule has 2 aliphatic rings. The SMILES string of the molecule is Cc1cc(-c2ccnc(-n3ncc(C(=O)N4CCC[C@H](C(N)=O)C4)c3C3CC3)n2)c(C)s1. The summed E-state index contributed by atoms with van der Waals surface area (Å²) in [5.74, 6) is 0.0182. The van der Waals surface area contributed by atoms with Crippen LogP contribution < -0.4 is 5.73 Å². The van der Waals surface area contributed by atoms with Gasteiger partial charge in [0.25, 0.3) is 11.9 Å². The third-order valence-electron chi connectivity index (χ3n) is 6.26. The fourth-order valence-electron chi connectivity index (χ4n) is 4.48. The number of thiophene rings is 1. The third-order valence-corrected chi connectivity index (χ3v) is 7.23. The highest BCUT2D eigenvalue weighted by molar-refractivity contribution is 7.12. The predicted octanol–water partition coefficient (Wildman–Crippen LogP) is 3.22. The second kappa shape index (κ2) is 8.12. The summed E-state index contributed by atoms with van der Waals surface area (Å²) in [5, 5.41) is 4.54. The molecule has 0 bridgehead atoms. The Morgan fingerprint density at radius 1 is 1.22 bits per heavy atom. The molecular formula is C23H26N6O2S. The van der Waals surface area contributed by atoms with Crippen molar-refractivity contribution in [1.82, 2.24) is 24.6 Å². The molecule has 0 unspecified atom stereocenters. The maximum atomic E-state index is 13.4. The van der Waals surface area contributed by atoms with Crippen molar-refractivity contribution in [3.63, 3.8) is 0 Å². The predicted molar refractivity (Wildman–Crippen MR) is 122 cm³/mol. The van der Waals surface area contributed by atoms with Gasteiger partial charge in [0.15, 0.2) is 0 Å². The van der Waals surface area contributed by atoms with Gasteiger partial charge in [-0.3, -0.25) is 9.59 Å². The second-order valence-electron chi connectivity index (χ2n) is 8.69. The Balaban J connectivity index is 1.49. The third kappa shape index (κ3) is 3.81. The lowest BCUT2D eigenvalue weighted by Crippen LogP contribution is -2.44. The van der Waals surface area contributed by atoms with Crippen LogP contribution in [0.1, 0.15) is 57.4 Å². The summed E-state index contributed by atoms with van der Waals surface area (Å²) in [6, 6.07) is 4.04. The molecule has 0 aromatic carbocycles. The molecule has 0 radical (unpaired) electrons. The maximum absolute atomic E-state index is 13.4. The van der Waals surface area contributed by atoms with Gasteiger partial charge in [0.2, 0.25) is 5.91 Å². The number of piperidine rings is 1. The van der Waals surface area contributed by atoms with Crippen molar-refractivity contribution >= 4 is 23.2 Å². The van der Waals surface area contributed by atoms with Crippen LogP contribution in [0, 0.1) is 19.8 Å². The molecule has 166 valence electrons. The summed E-state index contributed by atoms with van der Waals surface area (Å²) in [4.78, 5) is 38.5. The number of amides is 2. The van der Waals surface area contributed by atoms with E-state index in [0.717, 1.165) is 42.6 Å². The highest BCUT2D eigenvalue weighted by Crippen LogP contribution is 2.42. The zero-order valence-electron chi connectivity index (χ0n) is 18.2. The van der Waals surface area contributed by atoms with E-state index in [1.54, 1.807) is 33.3 Å². The number of aryl methyl sites for hydroxylation is 2. The number of nitrogens with zero attached hydrogens (tertiary/aromatic N) is 5. The molecule has 3 aromatic rings. The van der Waals surface area contributed by atoms with E-state index in [-0.39, 0.29) is 23.7 Å². The van der Waals surface area contributed by atoms with Crippen LogP contribution in [-0.2, 0) is 4.79 Å². The Morgan fingerprint density at radius 2 is 2.03 bits per heavy atom. The first-order valence-electron chi connectivity index (χ1n) is 11.0. The van der Waals surface area contributed by atoms with Crippen LogP contribution in [0.25, 0.3) is 17.2 Å². The molecule has 1 aliphatic heterocycles. The lowest BCUT2D eigenvalue weighted by molar-refractivity contribution is -0.123. The zero-order chi connectivity index (χ0) is 22.4. The van der Waals surface area contributed by atoms with Crippen LogP contribution in [-0.4, -0.2) is 49.6 Å². The van der Waals surface area contributed by atoms with Gasteiger partial charge in [0, 0.05) is 40.5 Å². The molecule has 8 nitrogen and oxygen atoms in total. The molecule has 1 saturated carbocycles. The Morgan fingerprint density at radius 3 is 2.72 bits per heavy atom. The van der Waals surface area contributed by atoms with Crippen molar-refractivity contribution in [2.24, 2.45) is 11.7 Å². The minimum absolute atomic E-state index is 0.0930. The number of nitrogens with two attached hydrogens (primary N) is 1. The summed E-state index contributed by atoms with van der Waals surface area (Å²) in [6.45, 7) is 5.17. The number of primary amides is 1. The van der Waals surface area contributed by atoms with Gasteiger partial charge < -0.3 is 10.6 Å². The van der Waals surface area contributed by atoms with E-state index in [2.05, 4.69) is 30.0 Å². The Hall–Kier alpha value is -3.07. The summed E-state index contributed by atoms with van der Waals surface area (Å²) >= 11 is 1.74. The summed E-state index contributed by atoms with van der Waals surface area (Å²) in [6.07, 6.45) is 6.90. The van der Waals surface area contributed by atoms with Gasteiger partial charge in [-0.1, -0.05) is 0 Å². The summed E-state index contributed by atoms with van der Waals surface area (Å²) in [5.41, 5.74) is 8.89. The quantitative estimate of drug-likeness (QED) is 0.642. The molecular weight excluding hydrogens is 424 g/mol. The molecule has 2 N–H and O–H groups in total. The van der Waals surface area contributed by atoms with E-state index < -0.39 is 0 Å². The highest BCUT2D eigenvalue weighted by atomic mass is 32.1. The van der Waals surface area contributed by atoms with Crippen LogP contribution in [0.4, 0.5) is 0 Å². The maximum Gasteiger partial charge on any atom is 0.257 e.